The molecule has 27 heavy (non-hydrogen) atoms. The number of nitrogens with two attached hydrogens (primary N) is 1. The zero-order chi connectivity index (χ0) is 20.7. The van der Waals surface area contributed by atoms with Gasteiger partial charge in [-0.25, -0.2) is 0 Å². The average Bonchev–Trinajstić information content (AvgIpc) is 2.73. The van der Waals surface area contributed by atoms with E-state index >= 15 is 0 Å². The summed E-state index contributed by atoms with van der Waals surface area (Å²) in [4.78, 5) is 14.5. The molecule has 2 rings (SSSR count). The normalized spacial score (nSPS) is 14.9. The summed E-state index contributed by atoms with van der Waals surface area (Å²) in [6, 6.07) is 8.01. The van der Waals surface area contributed by atoms with E-state index in [0.29, 0.717) is 12.8 Å². The molecule has 4 heteroatoms. The summed E-state index contributed by atoms with van der Waals surface area (Å²) in [5.74, 6) is 0.00931. The van der Waals surface area contributed by atoms with Crippen molar-refractivity contribution in [3.8, 4) is 12.8 Å². The summed E-state index contributed by atoms with van der Waals surface area (Å²) in [5.41, 5.74) is 7.71. The van der Waals surface area contributed by atoms with Crippen LogP contribution in [0.25, 0.3) is 0 Å². The van der Waals surface area contributed by atoms with E-state index in [9.17, 15) is 4.79 Å². The molecule has 0 radical (unpaired) electrons. The van der Waals surface area contributed by atoms with Gasteiger partial charge in [-0.3, -0.25) is 4.79 Å². The summed E-state index contributed by atoms with van der Waals surface area (Å²) in [6.45, 7) is 9.36. The first-order valence-corrected chi connectivity index (χ1v) is 9.37. The molecular weight excluding hydrogens is 334 g/mol. The predicted molar refractivity (Wildman–Crippen MR) is 118 cm³/mol. The van der Waals surface area contributed by atoms with Crippen LogP contribution in [0.4, 0.5) is 5.69 Å². The molecular formula is C23H35N3O. The van der Waals surface area contributed by atoms with Gasteiger partial charge >= 0.3 is 0 Å². The second-order valence-corrected chi connectivity index (χ2v) is 6.39. The third-order valence-corrected chi connectivity index (χ3v) is 4.53. The van der Waals surface area contributed by atoms with Crippen LogP contribution >= 0.6 is 0 Å². The van der Waals surface area contributed by atoms with Crippen LogP contribution in [0.15, 0.2) is 49.1 Å². The van der Waals surface area contributed by atoms with E-state index in [4.69, 9.17) is 5.73 Å². The highest BCUT2D eigenvalue weighted by Crippen LogP contribution is 2.25. The Morgan fingerprint density at radius 2 is 1.81 bits per heavy atom. The molecule has 1 aliphatic heterocycles. The maximum Gasteiger partial charge on any atom is 0.246 e. The maximum atomic E-state index is 12.8. The van der Waals surface area contributed by atoms with E-state index < -0.39 is 5.54 Å². The Kier molecular flexibility index (Phi) is 12.6. The van der Waals surface area contributed by atoms with Crippen LogP contribution in [0.5, 0.6) is 0 Å². The van der Waals surface area contributed by atoms with Gasteiger partial charge in [0.2, 0.25) is 5.91 Å². The van der Waals surface area contributed by atoms with Gasteiger partial charge in [-0.15, -0.1) is 19.4 Å². The molecule has 0 aromatic heterocycles. The van der Waals surface area contributed by atoms with Crippen molar-refractivity contribution in [1.82, 2.24) is 5.32 Å². The molecule has 1 aromatic carbocycles. The minimum absolute atomic E-state index is 0.00931. The number of hydrogen-bond donors (Lipinski definition) is 2. The van der Waals surface area contributed by atoms with Crippen LogP contribution in [-0.2, 0) is 11.2 Å². The van der Waals surface area contributed by atoms with Gasteiger partial charge in [0.25, 0.3) is 0 Å². The number of anilines is 1. The second kappa shape index (κ2) is 13.8. The highest BCUT2D eigenvalue weighted by Gasteiger charge is 2.38. The summed E-state index contributed by atoms with van der Waals surface area (Å²) >= 11 is 0. The molecule has 0 aliphatic carbocycles. The largest absolute Gasteiger partial charge is 0.317 e. The Morgan fingerprint density at radius 3 is 2.33 bits per heavy atom. The summed E-state index contributed by atoms with van der Waals surface area (Å²) in [6.07, 6.45) is 17.1. The Bertz CT molecular complexity index is 609. The minimum Gasteiger partial charge on any atom is -0.317 e. The Hall–Kier alpha value is -2.35. The molecule has 1 amide bonds. The number of likely N-dealkylation sites (N-methyl/N-ethyl adjacent to an activating group) is 1. The maximum absolute atomic E-state index is 12.8. The zero-order valence-electron chi connectivity index (χ0n) is 17.1. The summed E-state index contributed by atoms with van der Waals surface area (Å²) < 4.78 is 0. The highest BCUT2D eigenvalue weighted by atomic mass is 16.2. The van der Waals surface area contributed by atoms with E-state index in [1.807, 2.05) is 57.3 Å². The van der Waals surface area contributed by atoms with Crippen molar-refractivity contribution in [3.05, 3.63) is 54.6 Å². The lowest BCUT2D eigenvalue weighted by Crippen LogP contribution is -2.59. The summed E-state index contributed by atoms with van der Waals surface area (Å²) in [5, 5.41) is 3.25. The molecule has 1 aromatic rings. The van der Waals surface area contributed by atoms with Crippen LogP contribution in [0.1, 0.15) is 38.7 Å². The van der Waals surface area contributed by atoms with Crippen molar-refractivity contribution in [2.24, 2.45) is 5.73 Å². The lowest BCUT2D eigenvalue weighted by molar-refractivity contribution is -0.124. The lowest BCUT2D eigenvalue weighted by Gasteiger charge is -2.36. The van der Waals surface area contributed by atoms with Gasteiger partial charge in [-0.1, -0.05) is 36.4 Å². The molecule has 0 spiro atoms. The molecule has 0 atom stereocenters. The van der Waals surface area contributed by atoms with Crippen LogP contribution < -0.4 is 16.0 Å². The topological polar surface area (TPSA) is 58.4 Å². The van der Waals surface area contributed by atoms with E-state index in [0.717, 1.165) is 37.2 Å². The van der Waals surface area contributed by atoms with Gasteiger partial charge < -0.3 is 16.0 Å². The fourth-order valence-electron chi connectivity index (χ4n) is 2.84. The number of amides is 1. The third-order valence-electron chi connectivity index (χ3n) is 4.53. The molecule has 1 fully saturated rings. The molecule has 4 nitrogen and oxygen atoms in total. The second-order valence-electron chi connectivity index (χ2n) is 6.39. The van der Waals surface area contributed by atoms with Crippen LogP contribution in [0, 0.1) is 12.8 Å². The Morgan fingerprint density at radius 1 is 1.26 bits per heavy atom. The number of carbonyl (C=O) groups is 1. The zero-order valence-corrected chi connectivity index (χ0v) is 17.1. The summed E-state index contributed by atoms with van der Waals surface area (Å²) in [7, 11) is 1.83. The van der Waals surface area contributed by atoms with Crippen molar-refractivity contribution in [1.29, 1.82) is 0 Å². The van der Waals surface area contributed by atoms with Crippen LogP contribution in [0.2, 0.25) is 0 Å². The number of allylic oxidation sites excluding steroid dienone is 3. The standard InChI is InChI=1S/C17H25N3O.C4H8.C2H2/c1-3-4-7-14-8-5-6-9-15(14)20(2)16(21)17(18)10-12-19-13-11-17;1-3-4-2;1-2/h3,5-6,8-9,19H,1,4,7,10-13,18H2,2H3;3-4H,1-2H3;1-2H/b;4-3-;. The number of nitrogens with zero attached hydrogens (tertiary/aromatic N) is 1. The quantitative estimate of drug-likeness (QED) is 0.615. The highest BCUT2D eigenvalue weighted by molar-refractivity contribution is 6.00. The SMILES string of the molecule is C#C.C/C=C\C.C=CCCc1ccccc1N(C)C(=O)C1(N)CCNCC1. The molecule has 0 saturated carbocycles. The van der Waals surface area contributed by atoms with Gasteiger partial charge in [0, 0.05) is 12.7 Å². The Labute approximate surface area is 165 Å². The number of rotatable bonds is 5. The number of carbonyl (C=O) groups excluding carboxylic acids is 1. The molecule has 0 unspecified atom stereocenters. The van der Waals surface area contributed by atoms with Gasteiger partial charge in [-0.2, -0.15) is 0 Å². The smallest absolute Gasteiger partial charge is 0.246 e. The first-order chi connectivity index (χ1) is 13.0. The average molecular weight is 370 g/mol. The van der Waals surface area contributed by atoms with Gasteiger partial charge in [0.15, 0.2) is 0 Å². The fraction of sp³-hybridized carbons (Fsp3) is 0.435. The van der Waals surface area contributed by atoms with Crippen molar-refractivity contribution in [3.63, 3.8) is 0 Å². The molecule has 3 N–H and O–H groups in total. The number of nitrogens with one attached hydrogen (secondary N) is 1. The molecule has 0 bridgehead atoms. The number of benzene rings is 1. The molecule has 148 valence electrons. The van der Waals surface area contributed by atoms with Crippen molar-refractivity contribution in [2.75, 3.05) is 25.0 Å². The van der Waals surface area contributed by atoms with Crippen molar-refractivity contribution < 1.29 is 4.79 Å². The Balaban J connectivity index is 0.000000998. The molecule has 1 saturated heterocycles. The number of aryl methyl sites for hydroxylation is 1. The van der Waals surface area contributed by atoms with Crippen molar-refractivity contribution >= 4 is 11.6 Å². The first-order valence-electron chi connectivity index (χ1n) is 9.37. The number of terminal acetylenes is 1. The minimum atomic E-state index is -0.744. The van der Waals surface area contributed by atoms with E-state index in [2.05, 4.69) is 30.8 Å². The van der Waals surface area contributed by atoms with E-state index in [1.165, 1.54) is 0 Å². The van der Waals surface area contributed by atoms with Crippen molar-refractivity contribution in [2.45, 2.75) is 45.1 Å². The van der Waals surface area contributed by atoms with E-state index in [1.54, 1.807) is 4.90 Å². The monoisotopic (exact) mass is 369 g/mol. The lowest BCUT2D eigenvalue weighted by atomic mass is 9.87. The molecule has 1 heterocycles. The van der Waals surface area contributed by atoms with Crippen LogP contribution in [0.3, 0.4) is 0 Å². The fourth-order valence-corrected chi connectivity index (χ4v) is 2.84. The first kappa shape index (κ1) is 24.7. The van der Waals surface area contributed by atoms with Crippen LogP contribution in [-0.4, -0.2) is 31.6 Å². The van der Waals surface area contributed by atoms with Gasteiger partial charge in [0.1, 0.15) is 0 Å². The number of hydrogen-bond acceptors (Lipinski definition) is 3. The number of piperidine rings is 1. The number of para-hydroxylation sites is 1. The van der Waals surface area contributed by atoms with E-state index in [-0.39, 0.29) is 5.91 Å². The van der Waals surface area contributed by atoms with Gasteiger partial charge in [0.05, 0.1) is 5.54 Å². The van der Waals surface area contributed by atoms with Gasteiger partial charge in [-0.05, 0) is 64.3 Å². The predicted octanol–water partition coefficient (Wildman–Crippen LogP) is 3.68. The third kappa shape index (κ3) is 7.82. The molecule has 1 aliphatic rings.